The number of hydrogen-bond donors (Lipinski definition) is 1. The highest BCUT2D eigenvalue weighted by atomic mass is 14.8. The fourth-order valence-corrected chi connectivity index (χ4v) is 1.85. The van der Waals surface area contributed by atoms with E-state index in [1.54, 1.807) is 0 Å². The molecule has 1 saturated carbocycles. The maximum atomic E-state index is 3.23. The summed E-state index contributed by atoms with van der Waals surface area (Å²) in [5.41, 5.74) is 0.753. The van der Waals surface area contributed by atoms with E-state index in [4.69, 9.17) is 0 Å². The number of nitrogens with one attached hydrogen (secondary N) is 1. The Labute approximate surface area is 77.9 Å². The molecule has 0 saturated heterocycles. The normalized spacial score (nSPS) is 19.0. The van der Waals surface area contributed by atoms with Crippen molar-refractivity contribution in [2.45, 2.75) is 52.9 Å². The lowest BCUT2D eigenvalue weighted by molar-refractivity contribution is 0.114. The molecule has 0 heterocycles. The summed E-state index contributed by atoms with van der Waals surface area (Å²) in [7, 11) is 2.04. The van der Waals surface area contributed by atoms with E-state index in [0.717, 1.165) is 5.41 Å². The summed E-state index contributed by atoms with van der Waals surface area (Å²) < 4.78 is 0. The second kappa shape index (κ2) is 6.47. The van der Waals surface area contributed by atoms with Gasteiger partial charge in [0.25, 0.3) is 0 Å². The molecule has 0 atom stereocenters. The SMILES string of the molecule is CC.CCC1(CCNC)CCC1. The van der Waals surface area contributed by atoms with Crippen LogP contribution in [0.15, 0.2) is 0 Å². The fraction of sp³-hybridized carbons (Fsp3) is 1.00. The first-order valence-electron chi connectivity index (χ1n) is 5.47. The van der Waals surface area contributed by atoms with Gasteiger partial charge in [0.1, 0.15) is 0 Å². The average molecular weight is 171 g/mol. The van der Waals surface area contributed by atoms with Crippen molar-refractivity contribution in [3.63, 3.8) is 0 Å². The standard InChI is InChI=1S/C9H19N.C2H6/c1-3-9(5-4-6-9)7-8-10-2;1-2/h10H,3-8H2,1-2H3;1-2H3. The lowest BCUT2D eigenvalue weighted by atomic mass is 9.65. The van der Waals surface area contributed by atoms with Gasteiger partial charge in [-0.15, -0.1) is 0 Å². The average Bonchev–Trinajstić information content (AvgIpc) is 2.08. The van der Waals surface area contributed by atoms with Gasteiger partial charge in [0.05, 0.1) is 0 Å². The predicted molar refractivity (Wildman–Crippen MR) is 56.5 cm³/mol. The van der Waals surface area contributed by atoms with Crippen LogP contribution in [0.5, 0.6) is 0 Å². The topological polar surface area (TPSA) is 12.0 Å². The highest BCUT2D eigenvalue weighted by Crippen LogP contribution is 2.46. The molecule has 0 unspecified atom stereocenters. The minimum absolute atomic E-state index is 0.753. The van der Waals surface area contributed by atoms with Gasteiger partial charge in [-0.1, -0.05) is 33.6 Å². The summed E-state index contributed by atoms with van der Waals surface area (Å²) in [4.78, 5) is 0. The van der Waals surface area contributed by atoms with E-state index in [1.807, 2.05) is 20.9 Å². The van der Waals surface area contributed by atoms with Gasteiger partial charge >= 0.3 is 0 Å². The fourth-order valence-electron chi connectivity index (χ4n) is 1.85. The Morgan fingerprint density at radius 2 is 1.83 bits per heavy atom. The molecule has 1 N–H and O–H groups in total. The van der Waals surface area contributed by atoms with Crippen molar-refractivity contribution >= 4 is 0 Å². The van der Waals surface area contributed by atoms with E-state index in [2.05, 4.69) is 12.2 Å². The summed E-state index contributed by atoms with van der Waals surface area (Å²) in [5.74, 6) is 0. The van der Waals surface area contributed by atoms with Gasteiger partial charge < -0.3 is 5.32 Å². The van der Waals surface area contributed by atoms with Crippen molar-refractivity contribution in [2.75, 3.05) is 13.6 Å². The van der Waals surface area contributed by atoms with Crippen LogP contribution in [0.3, 0.4) is 0 Å². The first kappa shape index (κ1) is 12.0. The van der Waals surface area contributed by atoms with E-state index in [-0.39, 0.29) is 0 Å². The van der Waals surface area contributed by atoms with E-state index < -0.39 is 0 Å². The summed E-state index contributed by atoms with van der Waals surface area (Å²) >= 11 is 0. The molecule has 0 amide bonds. The molecule has 74 valence electrons. The molecule has 12 heavy (non-hydrogen) atoms. The Balaban J connectivity index is 0.000000561. The monoisotopic (exact) mass is 171 g/mol. The van der Waals surface area contributed by atoms with Crippen LogP contribution >= 0.6 is 0 Å². The van der Waals surface area contributed by atoms with Gasteiger partial charge in [0.2, 0.25) is 0 Å². The van der Waals surface area contributed by atoms with Crippen molar-refractivity contribution in [2.24, 2.45) is 5.41 Å². The Morgan fingerprint density at radius 1 is 1.25 bits per heavy atom. The van der Waals surface area contributed by atoms with Crippen LogP contribution in [0.25, 0.3) is 0 Å². The first-order chi connectivity index (χ1) is 5.83. The summed E-state index contributed by atoms with van der Waals surface area (Å²) in [6.07, 6.45) is 7.20. The maximum absolute atomic E-state index is 3.23. The van der Waals surface area contributed by atoms with Crippen molar-refractivity contribution < 1.29 is 0 Å². The summed E-state index contributed by atoms with van der Waals surface area (Å²) in [5, 5.41) is 3.23. The van der Waals surface area contributed by atoms with E-state index in [0.29, 0.717) is 0 Å². The zero-order valence-corrected chi connectivity index (χ0v) is 9.24. The molecule has 1 aliphatic rings. The van der Waals surface area contributed by atoms with Crippen LogP contribution in [-0.2, 0) is 0 Å². The van der Waals surface area contributed by atoms with Gasteiger partial charge in [-0.2, -0.15) is 0 Å². The quantitative estimate of drug-likeness (QED) is 0.685. The van der Waals surface area contributed by atoms with Crippen LogP contribution in [0.2, 0.25) is 0 Å². The highest BCUT2D eigenvalue weighted by Gasteiger charge is 2.33. The Morgan fingerprint density at radius 3 is 2.08 bits per heavy atom. The van der Waals surface area contributed by atoms with E-state index in [1.165, 1.54) is 38.6 Å². The van der Waals surface area contributed by atoms with Gasteiger partial charge in [-0.3, -0.25) is 0 Å². The lowest BCUT2D eigenvalue weighted by Crippen LogP contribution is -2.31. The number of rotatable bonds is 4. The second-order valence-corrected chi connectivity index (χ2v) is 3.56. The lowest BCUT2D eigenvalue weighted by Gasteiger charge is -2.41. The van der Waals surface area contributed by atoms with Crippen molar-refractivity contribution in [3.05, 3.63) is 0 Å². The smallest absolute Gasteiger partial charge is 0.00466 e. The van der Waals surface area contributed by atoms with E-state index >= 15 is 0 Å². The van der Waals surface area contributed by atoms with Crippen LogP contribution in [-0.4, -0.2) is 13.6 Å². The van der Waals surface area contributed by atoms with Gasteiger partial charge in [-0.05, 0) is 38.3 Å². The molecular weight excluding hydrogens is 146 g/mol. The molecule has 0 bridgehead atoms. The second-order valence-electron chi connectivity index (χ2n) is 3.56. The minimum Gasteiger partial charge on any atom is -0.320 e. The zero-order valence-electron chi connectivity index (χ0n) is 9.24. The molecule has 0 spiro atoms. The van der Waals surface area contributed by atoms with Crippen molar-refractivity contribution in [1.82, 2.24) is 5.32 Å². The van der Waals surface area contributed by atoms with Crippen LogP contribution in [0.1, 0.15) is 52.9 Å². The third-order valence-electron chi connectivity index (χ3n) is 3.07. The summed E-state index contributed by atoms with van der Waals surface area (Å²) in [6, 6.07) is 0. The molecule has 0 aliphatic heterocycles. The number of hydrogen-bond acceptors (Lipinski definition) is 1. The van der Waals surface area contributed by atoms with Crippen LogP contribution < -0.4 is 5.32 Å². The summed E-state index contributed by atoms with van der Waals surface area (Å²) in [6.45, 7) is 7.53. The molecule has 0 aromatic rings. The Bertz CT molecular complexity index is 89.7. The molecule has 0 radical (unpaired) electrons. The maximum Gasteiger partial charge on any atom is -0.00466 e. The zero-order chi connectivity index (χ0) is 9.45. The Hall–Kier alpha value is -0.0400. The highest BCUT2D eigenvalue weighted by molar-refractivity contribution is 4.86. The third kappa shape index (κ3) is 3.14. The Kier molecular flexibility index (Phi) is 6.45. The first-order valence-corrected chi connectivity index (χ1v) is 5.47. The minimum atomic E-state index is 0.753. The van der Waals surface area contributed by atoms with Gasteiger partial charge in [0.15, 0.2) is 0 Å². The largest absolute Gasteiger partial charge is 0.320 e. The molecule has 0 aromatic heterocycles. The predicted octanol–water partition coefficient (Wildman–Crippen LogP) is 3.20. The molecular formula is C11H25N. The molecule has 1 nitrogen and oxygen atoms in total. The molecule has 1 fully saturated rings. The van der Waals surface area contributed by atoms with Gasteiger partial charge in [-0.25, -0.2) is 0 Å². The molecule has 1 heteroatoms. The van der Waals surface area contributed by atoms with Gasteiger partial charge in [0, 0.05) is 0 Å². The molecule has 0 aromatic carbocycles. The van der Waals surface area contributed by atoms with Crippen molar-refractivity contribution in [1.29, 1.82) is 0 Å². The van der Waals surface area contributed by atoms with Crippen LogP contribution in [0, 0.1) is 5.41 Å². The third-order valence-corrected chi connectivity index (χ3v) is 3.07. The van der Waals surface area contributed by atoms with Crippen molar-refractivity contribution in [3.8, 4) is 0 Å². The molecule has 1 rings (SSSR count). The van der Waals surface area contributed by atoms with E-state index in [9.17, 15) is 0 Å². The van der Waals surface area contributed by atoms with Crippen LogP contribution in [0.4, 0.5) is 0 Å². The molecule has 1 aliphatic carbocycles.